The fraction of sp³-hybridized carbons (Fsp3) is 0.350. The summed E-state index contributed by atoms with van der Waals surface area (Å²) in [5.74, 6) is 0.178. The first-order valence-corrected chi connectivity index (χ1v) is 8.92. The van der Waals surface area contributed by atoms with Gasteiger partial charge in [-0.15, -0.1) is 0 Å². The van der Waals surface area contributed by atoms with Crippen LogP contribution in [0.3, 0.4) is 0 Å². The Kier molecular flexibility index (Phi) is 5.98. The number of esters is 1. The standard InChI is InChI=1S/C20H22N2O6/c1-26-14-8-9-18(27-2)15(12-14)16-7-5-10-21(16)19(23)13-28-20(24)17-6-3-4-11-22(17)25/h3-4,6,8-9,11-12,16H,5,7,10,13H2,1-2H3/t16-/m0/s1. The van der Waals surface area contributed by atoms with Gasteiger partial charge in [0.05, 0.1) is 20.3 Å². The van der Waals surface area contributed by atoms with Crippen LogP contribution >= 0.6 is 0 Å². The lowest BCUT2D eigenvalue weighted by Gasteiger charge is -2.26. The number of benzene rings is 1. The smallest absolute Gasteiger partial charge is 0.405 e. The van der Waals surface area contributed by atoms with E-state index in [9.17, 15) is 14.8 Å². The predicted molar refractivity (Wildman–Crippen MR) is 98.9 cm³/mol. The lowest BCUT2D eigenvalue weighted by atomic mass is 10.0. The Morgan fingerprint density at radius 3 is 2.75 bits per heavy atom. The molecule has 28 heavy (non-hydrogen) atoms. The molecule has 0 aliphatic carbocycles. The van der Waals surface area contributed by atoms with E-state index < -0.39 is 12.6 Å². The molecule has 1 aliphatic heterocycles. The molecule has 0 N–H and O–H groups in total. The number of hydrogen-bond acceptors (Lipinski definition) is 6. The minimum Gasteiger partial charge on any atom is -0.618 e. The van der Waals surface area contributed by atoms with Crippen LogP contribution in [0.5, 0.6) is 11.5 Å². The Balaban J connectivity index is 1.72. The summed E-state index contributed by atoms with van der Waals surface area (Å²) in [5.41, 5.74) is 0.683. The maximum atomic E-state index is 12.7. The number of pyridine rings is 1. The molecule has 1 fully saturated rings. The van der Waals surface area contributed by atoms with Crippen molar-refractivity contribution in [2.45, 2.75) is 18.9 Å². The molecule has 2 heterocycles. The minimum atomic E-state index is -0.835. The zero-order chi connectivity index (χ0) is 20.1. The molecule has 1 atom stereocenters. The molecule has 2 aromatic rings. The van der Waals surface area contributed by atoms with E-state index in [-0.39, 0.29) is 17.6 Å². The molecule has 0 bridgehead atoms. The van der Waals surface area contributed by atoms with Crippen molar-refractivity contribution >= 4 is 11.9 Å². The van der Waals surface area contributed by atoms with Crippen molar-refractivity contribution in [3.63, 3.8) is 0 Å². The van der Waals surface area contributed by atoms with Crippen LogP contribution in [0.4, 0.5) is 0 Å². The Morgan fingerprint density at radius 1 is 1.21 bits per heavy atom. The summed E-state index contributed by atoms with van der Waals surface area (Å²) in [7, 11) is 3.15. The fourth-order valence-corrected chi connectivity index (χ4v) is 3.36. The monoisotopic (exact) mass is 386 g/mol. The molecule has 8 nitrogen and oxygen atoms in total. The summed E-state index contributed by atoms with van der Waals surface area (Å²) in [6.07, 6.45) is 2.79. The molecular weight excluding hydrogens is 364 g/mol. The normalized spacial score (nSPS) is 15.9. The molecule has 1 amide bonds. The highest BCUT2D eigenvalue weighted by Crippen LogP contribution is 2.38. The molecule has 1 aliphatic rings. The van der Waals surface area contributed by atoms with Crippen LogP contribution in [0.1, 0.15) is 34.9 Å². The number of carbonyl (C=O) groups excluding carboxylic acids is 2. The van der Waals surface area contributed by atoms with E-state index in [2.05, 4.69) is 0 Å². The molecule has 8 heteroatoms. The van der Waals surface area contributed by atoms with Crippen molar-refractivity contribution in [1.29, 1.82) is 0 Å². The summed E-state index contributed by atoms with van der Waals surface area (Å²) in [6, 6.07) is 9.66. The third kappa shape index (κ3) is 4.00. The number of aromatic nitrogens is 1. The number of amides is 1. The number of hydrogen-bond donors (Lipinski definition) is 0. The average Bonchev–Trinajstić information content (AvgIpc) is 3.21. The maximum Gasteiger partial charge on any atom is 0.405 e. The van der Waals surface area contributed by atoms with Crippen molar-refractivity contribution in [1.82, 2.24) is 4.90 Å². The van der Waals surface area contributed by atoms with E-state index in [4.69, 9.17) is 14.2 Å². The SMILES string of the molecule is COc1ccc(OC)c([C@@H]2CCCN2C(=O)COC(=O)c2cccc[n+]2[O-])c1. The van der Waals surface area contributed by atoms with Crippen LogP contribution < -0.4 is 14.2 Å². The molecule has 0 saturated carbocycles. The molecule has 1 aromatic carbocycles. The number of carbonyl (C=O) groups is 2. The minimum absolute atomic E-state index is 0.164. The van der Waals surface area contributed by atoms with Gasteiger partial charge in [-0.1, -0.05) is 0 Å². The zero-order valence-corrected chi connectivity index (χ0v) is 15.8. The number of likely N-dealkylation sites (tertiary alicyclic amines) is 1. The molecule has 3 rings (SSSR count). The average molecular weight is 386 g/mol. The second-order valence-corrected chi connectivity index (χ2v) is 6.34. The van der Waals surface area contributed by atoms with Crippen molar-refractivity contribution in [2.24, 2.45) is 0 Å². The molecule has 0 unspecified atom stereocenters. The largest absolute Gasteiger partial charge is 0.618 e. The van der Waals surface area contributed by atoms with Gasteiger partial charge in [0.1, 0.15) is 11.5 Å². The van der Waals surface area contributed by atoms with Crippen molar-refractivity contribution in [3.8, 4) is 11.5 Å². The molecule has 148 valence electrons. The van der Waals surface area contributed by atoms with Gasteiger partial charge >= 0.3 is 11.7 Å². The quantitative estimate of drug-likeness (QED) is 0.427. The van der Waals surface area contributed by atoms with Gasteiger partial charge in [0.15, 0.2) is 12.8 Å². The highest BCUT2D eigenvalue weighted by Gasteiger charge is 2.33. The first kappa shape index (κ1) is 19.5. The van der Waals surface area contributed by atoms with Crippen LogP contribution in [0, 0.1) is 5.21 Å². The van der Waals surface area contributed by atoms with Gasteiger partial charge in [0.2, 0.25) is 0 Å². The second-order valence-electron chi connectivity index (χ2n) is 6.34. The molecule has 0 radical (unpaired) electrons. The van der Waals surface area contributed by atoms with E-state index in [1.165, 1.54) is 18.3 Å². The first-order chi connectivity index (χ1) is 13.5. The highest BCUT2D eigenvalue weighted by atomic mass is 16.5. The number of rotatable bonds is 6. The second kappa shape index (κ2) is 8.60. The van der Waals surface area contributed by atoms with E-state index >= 15 is 0 Å². The van der Waals surface area contributed by atoms with Gasteiger partial charge in [0, 0.05) is 24.2 Å². The predicted octanol–water partition coefficient (Wildman–Crippen LogP) is 1.86. The van der Waals surface area contributed by atoms with Gasteiger partial charge in [-0.3, -0.25) is 4.79 Å². The maximum absolute atomic E-state index is 12.7. The molecule has 1 aromatic heterocycles. The topological polar surface area (TPSA) is 92.0 Å². The highest BCUT2D eigenvalue weighted by molar-refractivity contribution is 5.88. The summed E-state index contributed by atoms with van der Waals surface area (Å²) in [5, 5.41) is 11.6. The Morgan fingerprint density at radius 2 is 2.04 bits per heavy atom. The fourth-order valence-electron chi connectivity index (χ4n) is 3.36. The Bertz CT molecular complexity index is 870. The van der Waals surface area contributed by atoms with Crippen LogP contribution in [0.15, 0.2) is 42.6 Å². The van der Waals surface area contributed by atoms with Gasteiger partial charge in [0.25, 0.3) is 5.91 Å². The Labute approximate surface area is 162 Å². The van der Waals surface area contributed by atoms with Crippen LogP contribution in [0.25, 0.3) is 0 Å². The molecular formula is C20H22N2O6. The number of methoxy groups -OCH3 is 2. The third-order valence-corrected chi connectivity index (χ3v) is 4.73. The van der Waals surface area contributed by atoms with Gasteiger partial charge in [-0.25, -0.2) is 4.79 Å². The summed E-state index contributed by atoms with van der Waals surface area (Å²) in [6.45, 7) is 0.116. The van der Waals surface area contributed by atoms with Crippen LogP contribution in [0.2, 0.25) is 0 Å². The van der Waals surface area contributed by atoms with Crippen molar-refractivity contribution < 1.29 is 28.5 Å². The third-order valence-electron chi connectivity index (χ3n) is 4.73. The van der Waals surface area contributed by atoms with Gasteiger partial charge in [-0.2, -0.15) is 4.73 Å². The molecule has 1 saturated heterocycles. The Hall–Kier alpha value is -3.29. The summed E-state index contributed by atoms with van der Waals surface area (Å²) < 4.78 is 16.2. The van der Waals surface area contributed by atoms with Gasteiger partial charge in [-0.05, 0) is 37.1 Å². The summed E-state index contributed by atoms with van der Waals surface area (Å²) >= 11 is 0. The van der Waals surface area contributed by atoms with Crippen molar-refractivity contribution in [3.05, 3.63) is 59.1 Å². The lowest BCUT2D eigenvalue weighted by molar-refractivity contribution is -0.608. The number of nitrogens with zero attached hydrogens (tertiary/aromatic N) is 2. The van der Waals surface area contributed by atoms with Crippen LogP contribution in [-0.2, 0) is 9.53 Å². The summed E-state index contributed by atoms with van der Waals surface area (Å²) in [4.78, 5) is 26.4. The van der Waals surface area contributed by atoms with E-state index in [0.717, 1.165) is 18.4 Å². The number of ether oxygens (including phenoxy) is 3. The molecule has 0 spiro atoms. The van der Waals surface area contributed by atoms with E-state index in [1.807, 2.05) is 6.07 Å². The van der Waals surface area contributed by atoms with Gasteiger partial charge < -0.3 is 24.3 Å². The van der Waals surface area contributed by atoms with Crippen LogP contribution in [-0.4, -0.2) is 44.1 Å². The van der Waals surface area contributed by atoms with E-state index in [0.29, 0.717) is 22.8 Å². The zero-order valence-electron chi connectivity index (χ0n) is 15.8. The first-order valence-electron chi connectivity index (χ1n) is 8.92. The van der Waals surface area contributed by atoms with Crippen molar-refractivity contribution in [2.75, 3.05) is 27.4 Å². The van der Waals surface area contributed by atoms with E-state index in [1.54, 1.807) is 37.3 Å². The lowest BCUT2D eigenvalue weighted by Crippen LogP contribution is -2.37.